The summed E-state index contributed by atoms with van der Waals surface area (Å²) in [7, 11) is -1.39. The molecule has 7 heteroatoms. The Balaban J connectivity index is 2.79. The SMILES string of the molecule is CNC(C)c1csc(NS(C)(=O)=O)n1. The third kappa shape index (κ3) is 3.24. The standard InChI is InChI=1S/C7H13N3O2S2/c1-5(8-2)6-4-13-7(9-6)10-14(3,11)12/h4-5,8H,1-3H3,(H,9,10). The molecule has 0 aromatic carbocycles. The highest BCUT2D eigenvalue weighted by Gasteiger charge is 2.10. The van der Waals surface area contributed by atoms with Crippen LogP contribution >= 0.6 is 11.3 Å². The maximum Gasteiger partial charge on any atom is 0.231 e. The van der Waals surface area contributed by atoms with E-state index in [9.17, 15) is 8.42 Å². The van der Waals surface area contributed by atoms with Crippen LogP contribution in [0.25, 0.3) is 0 Å². The summed E-state index contributed by atoms with van der Waals surface area (Å²) in [5.74, 6) is 0. The molecule has 0 bridgehead atoms. The molecule has 1 rings (SSSR count). The summed E-state index contributed by atoms with van der Waals surface area (Å²) >= 11 is 1.28. The minimum Gasteiger partial charge on any atom is -0.312 e. The molecule has 14 heavy (non-hydrogen) atoms. The van der Waals surface area contributed by atoms with E-state index in [4.69, 9.17) is 0 Å². The molecule has 0 spiro atoms. The molecular weight excluding hydrogens is 222 g/mol. The lowest BCUT2D eigenvalue weighted by Crippen LogP contribution is -2.13. The Bertz CT molecular complexity index is 399. The van der Waals surface area contributed by atoms with Gasteiger partial charge in [-0.05, 0) is 14.0 Å². The van der Waals surface area contributed by atoms with Gasteiger partial charge in [-0.15, -0.1) is 11.3 Å². The number of nitrogens with one attached hydrogen (secondary N) is 2. The summed E-state index contributed by atoms with van der Waals surface area (Å²) in [5, 5.41) is 5.26. The van der Waals surface area contributed by atoms with Gasteiger partial charge in [0, 0.05) is 11.4 Å². The van der Waals surface area contributed by atoms with E-state index >= 15 is 0 Å². The van der Waals surface area contributed by atoms with Crippen molar-refractivity contribution in [1.82, 2.24) is 10.3 Å². The summed E-state index contributed by atoms with van der Waals surface area (Å²) in [6.07, 6.45) is 1.11. The Morgan fingerprint density at radius 2 is 2.21 bits per heavy atom. The molecule has 0 saturated heterocycles. The molecule has 0 radical (unpaired) electrons. The topological polar surface area (TPSA) is 71.1 Å². The fraction of sp³-hybridized carbons (Fsp3) is 0.571. The summed E-state index contributed by atoms with van der Waals surface area (Å²) in [5.41, 5.74) is 0.837. The van der Waals surface area contributed by atoms with Crippen LogP contribution in [0.2, 0.25) is 0 Å². The van der Waals surface area contributed by atoms with Gasteiger partial charge in [0.1, 0.15) is 0 Å². The van der Waals surface area contributed by atoms with Crippen molar-refractivity contribution in [1.29, 1.82) is 0 Å². The molecule has 1 atom stereocenters. The summed E-state index contributed by atoms with van der Waals surface area (Å²) in [6.45, 7) is 1.96. The Morgan fingerprint density at radius 3 is 2.71 bits per heavy atom. The van der Waals surface area contributed by atoms with Crippen molar-refractivity contribution in [2.24, 2.45) is 0 Å². The number of aromatic nitrogens is 1. The highest BCUT2D eigenvalue weighted by atomic mass is 32.2. The number of thiazole rings is 1. The molecule has 80 valence electrons. The second-order valence-electron chi connectivity index (χ2n) is 2.96. The first-order valence-electron chi connectivity index (χ1n) is 4.03. The van der Waals surface area contributed by atoms with Crippen LogP contribution < -0.4 is 10.0 Å². The molecule has 1 aromatic heterocycles. The van der Waals surface area contributed by atoms with E-state index in [0.717, 1.165) is 11.9 Å². The van der Waals surface area contributed by atoms with E-state index in [1.807, 2.05) is 19.4 Å². The average Bonchev–Trinajstić information content (AvgIpc) is 2.48. The Kier molecular flexibility index (Phi) is 3.46. The minimum atomic E-state index is -3.22. The average molecular weight is 235 g/mol. The van der Waals surface area contributed by atoms with Crippen molar-refractivity contribution in [2.75, 3.05) is 18.0 Å². The van der Waals surface area contributed by atoms with Crippen LogP contribution in [-0.2, 0) is 10.0 Å². The third-order valence-electron chi connectivity index (χ3n) is 1.67. The molecule has 2 N–H and O–H groups in total. The smallest absolute Gasteiger partial charge is 0.231 e. The Labute approximate surface area is 87.6 Å². The molecule has 0 aliphatic carbocycles. The van der Waals surface area contributed by atoms with Crippen molar-refractivity contribution in [2.45, 2.75) is 13.0 Å². The van der Waals surface area contributed by atoms with Gasteiger partial charge in [-0.1, -0.05) is 0 Å². The lowest BCUT2D eigenvalue weighted by Gasteiger charge is -2.04. The van der Waals surface area contributed by atoms with Crippen molar-refractivity contribution < 1.29 is 8.42 Å². The number of hydrogen-bond acceptors (Lipinski definition) is 5. The van der Waals surface area contributed by atoms with E-state index in [1.54, 1.807) is 0 Å². The van der Waals surface area contributed by atoms with Crippen molar-refractivity contribution in [3.05, 3.63) is 11.1 Å². The maximum atomic E-state index is 10.9. The zero-order valence-electron chi connectivity index (χ0n) is 8.23. The normalized spacial score (nSPS) is 13.9. The molecule has 1 unspecified atom stereocenters. The van der Waals surface area contributed by atoms with Gasteiger partial charge in [-0.25, -0.2) is 13.4 Å². The largest absolute Gasteiger partial charge is 0.312 e. The number of anilines is 1. The molecule has 0 amide bonds. The van der Waals surface area contributed by atoms with Crippen LogP contribution in [0.5, 0.6) is 0 Å². The molecule has 0 aliphatic heterocycles. The van der Waals surface area contributed by atoms with E-state index in [0.29, 0.717) is 5.13 Å². The molecular formula is C7H13N3O2S2. The van der Waals surface area contributed by atoms with E-state index in [-0.39, 0.29) is 6.04 Å². The van der Waals surface area contributed by atoms with Gasteiger partial charge in [0.25, 0.3) is 0 Å². The van der Waals surface area contributed by atoms with Crippen LogP contribution in [0.15, 0.2) is 5.38 Å². The van der Waals surface area contributed by atoms with Crippen LogP contribution in [0.4, 0.5) is 5.13 Å². The van der Waals surface area contributed by atoms with Gasteiger partial charge < -0.3 is 5.32 Å². The van der Waals surface area contributed by atoms with Crippen LogP contribution in [-0.4, -0.2) is 26.7 Å². The quantitative estimate of drug-likeness (QED) is 0.809. The van der Waals surface area contributed by atoms with Gasteiger partial charge >= 0.3 is 0 Å². The number of nitrogens with zero attached hydrogens (tertiary/aromatic N) is 1. The predicted octanol–water partition coefficient (Wildman–Crippen LogP) is 0.795. The number of hydrogen-bond donors (Lipinski definition) is 2. The first-order valence-corrected chi connectivity index (χ1v) is 6.80. The van der Waals surface area contributed by atoms with Crippen molar-refractivity contribution in [3.63, 3.8) is 0 Å². The first kappa shape index (κ1) is 11.4. The van der Waals surface area contributed by atoms with E-state index in [2.05, 4.69) is 15.0 Å². The third-order valence-corrected chi connectivity index (χ3v) is 3.14. The summed E-state index contributed by atoms with van der Waals surface area (Å²) < 4.78 is 24.1. The number of rotatable bonds is 4. The Hall–Kier alpha value is -0.660. The summed E-state index contributed by atoms with van der Waals surface area (Å²) in [4.78, 5) is 4.13. The van der Waals surface area contributed by atoms with Crippen LogP contribution in [0.1, 0.15) is 18.7 Å². The second-order valence-corrected chi connectivity index (χ2v) is 5.57. The highest BCUT2D eigenvalue weighted by molar-refractivity contribution is 7.92. The van der Waals surface area contributed by atoms with Gasteiger partial charge in [0.05, 0.1) is 11.9 Å². The monoisotopic (exact) mass is 235 g/mol. The molecule has 1 aromatic rings. The number of sulfonamides is 1. The van der Waals surface area contributed by atoms with Gasteiger partial charge in [-0.2, -0.15) is 0 Å². The molecule has 5 nitrogen and oxygen atoms in total. The van der Waals surface area contributed by atoms with Crippen molar-refractivity contribution >= 4 is 26.5 Å². The van der Waals surface area contributed by atoms with E-state index < -0.39 is 10.0 Å². The zero-order valence-corrected chi connectivity index (χ0v) is 9.87. The Morgan fingerprint density at radius 1 is 1.57 bits per heavy atom. The predicted molar refractivity (Wildman–Crippen MR) is 58.1 cm³/mol. The van der Waals surface area contributed by atoms with Gasteiger partial charge in [-0.3, -0.25) is 4.72 Å². The second kappa shape index (κ2) is 4.24. The fourth-order valence-corrected chi connectivity index (χ4v) is 2.50. The summed E-state index contributed by atoms with van der Waals surface area (Å²) in [6, 6.07) is 0.126. The molecule has 1 heterocycles. The highest BCUT2D eigenvalue weighted by Crippen LogP contribution is 2.20. The van der Waals surface area contributed by atoms with Gasteiger partial charge in [0.2, 0.25) is 10.0 Å². The molecule has 0 aliphatic rings. The lowest BCUT2D eigenvalue weighted by molar-refractivity contribution is 0.606. The van der Waals surface area contributed by atoms with Crippen molar-refractivity contribution in [3.8, 4) is 0 Å². The minimum absolute atomic E-state index is 0.126. The fourth-order valence-electron chi connectivity index (χ4n) is 0.838. The maximum absolute atomic E-state index is 10.9. The molecule has 0 fully saturated rings. The zero-order chi connectivity index (χ0) is 10.8. The lowest BCUT2D eigenvalue weighted by atomic mass is 10.3. The first-order chi connectivity index (χ1) is 6.42. The van der Waals surface area contributed by atoms with Gasteiger partial charge in [0.15, 0.2) is 5.13 Å². The van der Waals surface area contributed by atoms with E-state index in [1.165, 1.54) is 11.3 Å². The molecule has 0 saturated carbocycles. The van der Waals surface area contributed by atoms with Crippen LogP contribution in [0.3, 0.4) is 0 Å². The van der Waals surface area contributed by atoms with Crippen LogP contribution in [0, 0.1) is 0 Å².